The lowest BCUT2D eigenvalue weighted by Gasteiger charge is -2.13. The third-order valence-corrected chi connectivity index (χ3v) is 10.1. The van der Waals surface area contributed by atoms with Gasteiger partial charge in [0.25, 0.3) is 5.13 Å². The van der Waals surface area contributed by atoms with Crippen molar-refractivity contribution in [2.45, 2.75) is 63.6 Å². The van der Waals surface area contributed by atoms with Gasteiger partial charge < -0.3 is 9.64 Å². The number of thiophene rings is 1. The van der Waals surface area contributed by atoms with Gasteiger partial charge in [-0.1, -0.05) is 60.6 Å². The lowest BCUT2D eigenvalue weighted by Crippen LogP contribution is -2.15. The van der Waals surface area contributed by atoms with Crippen molar-refractivity contribution in [1.29, 1.82) is 0 Å². The highest BCUT2D eigenvalue weighted by atomic mass is 32.2. The number of benzene rings is 2. The number of ether oxygens (including phenoxy) is 1. The topological polar surface area (TPSA) is 129 Å². The van der Waals surface area contributed by atoms with Crippen LogP contribution >= 0.6 is 34.4 Å². The zero-order valence-corrected chi connectivity index (χ0v) is 28.7. The zero-order valence-electron chi connectivity index (χ0n) is 26.3. The maximum absolute atomic E-state index is 11.9. The Bertz CT molecular complexity index is 1690. The first-order valence-corrected chi connectivity index (χ1v) is 18.0. The molecule has 0 aliphatic carbocycles. The number of hydrogen-bond acceptors (Lipinski definition) is 14. The number of aromatic nitrogens is 2. The summed E-state index contributed by atoms with van der Waals surface area (Å²) >= 11 is 4.24. The number of nitrogens with zero attached hydrogens (tertiary/aromatic N) is 9. The summed E-state index contributed by atoms with van der Waals surface area (Å²) in [6.07, 6.45) is 6.79. The second-order valence-corrected chi connectivity index (χ2v) is 14.0. The van der Waals surface area contributed by atoms with E-state index in [9.17, 15) is 4.79 Å². The van der Waals surface area contributed by atoms with E-state index in [1.54, 1.807) is 11.3 Å². The first-order valence-electron chi connectivity index (χ1n) is 15.4. The molecule has 0 N–H and O–H groups in total. The number of carbonyl (C=O) groups excluding carboxylic acids is 1. The molecule has 14 heteroatoms. The molecule has 1 fully saturated rings. The minimum Gasteiger partial charge on any atom is -0.465 e. The molecule has 1 aliphatic heterocycles. The molecule has 46 heavy (non-hydrogen) atoms. The Morgan fingerprint density at radius 2 is 1.52 bits per heavy atom. The fraction of sp³-hybridized carbons (Fsp3) is 0.406. The Balaban J connectivity index is 1.11. The SMILES string of the molecule is CCCCCCOC(=O)CSc1nnc(N=Nc2ccc(N=Nc3ccc(N=Nc4ccc(N5CCCC5)s4)cc3C)cc2C)s1. The van der Waals surface area contributed by atoms with Crippen LogP contribution in [0.15, 0.2) is 83.6 Å². The molecule has 0 amide bonds. The van der Waals surface area contributed by atoms with E-state index in [0.717, 1.165) is 66.3 Å². The van der Waals surface area contributed by atoms with E-state index in [2.05, 4.69) is 58.8 Å². The zero-order chi connectivity index (χ0) is 32.1. The first kappa shape index (κ1) is 33.5. The normalized spacial score (nSPS) is 13.6. The van der Waals surface area contributed by atoms with Crippen molar-refractivity contribution in [3.8, 4) is 0 Å². The van der Waals surface area contributed by atoms with Crippen LogP contribution in [0.5, 0.6) is 0 Å². The molecule has 0 bridgehead atoms. The second kappa shape index (κ2) is 17.2. The summed E-state index contributed by atoms with van der Waals surface area (Å²) in [5, 5.41) is 37.0. The van der Waals surface area contributed by atoms with Gasteiger partial charge in [0.05, 0.1) is 40.1 Å². The van der Waals surface area contributed by atoms with E-state index < -0.39 is 0 Å². The van der Waals surface area contributed by atoms with Gasteiger partial charge in [-0.05, 0) is 92.8 Å². The highest BCUT2D eigenvalue weighted by Crippen LogP contribution is 2.36. The molecule has 0 spiro atoms. The Hall–Kier alpha value is -3.88. The second-order valence-electron chi connectivity index (χ2n) is 10.8. The van der Waals surface area contributed by atoms with Gasteiger partial charge in [0.2, 0.25) is 0 Å². The number of thioether (sulfide) groups is 1. The van der Waals surface area contributed by atoms with Crippen LogP contribution in [0.1, 0.15) is 56.6 Å². The summed E-state index contributed by atoms with van der Waals surface area (Å²) < 4.78 is 5.91. The summed E-state index contributed by atoms with van der Waals surface area (Å²) in [6.45, 7) is 8.78. The third-order valence-electron chi connectivity index (χ3n) is 7.11. The molecule has 5 rings (SSSR count). The smallest absolute Gasteiger partial charge is 0.316 e. The monoisotopic (exact) mass is 675 g/mol. The molecule has 240 valence electrons. The number of aryl methyl sites for hydroxylation is 2. The lowest BCUT2D eigenvalue weighted by molar-refractivity contribution is -0.140. The van der Waals surface area contributed by atoms with E-state index in [4.69, 9.17) is 4.74 Å². The van der Waals surface area contributed by atoms with E-state index in [1.165, 1.54) is 40.9 Å². The number of anilines is 1. The van der Waals surface area contributed by atoms with Crippen molar-refractivity contribution < 1.29 is 9.53 Å². The minimum atomic E-state index is -0.248. The molecule has 11 nitrogen and oxygen atoms in total. The van der Waals surface area contributed by atoms with E-state index in [-0.39, 0.29) is 11.7 Å². The molecule has 4 aromatic rings. The van der Waals surface area contributed by atoms with Crippen LogP contribution < -0.4 is 4.90 Å². The average Bonchev–Trinajstić information content (AvgIpc) is 3.84. The Morgan fingerprint density at radius 3 is 2.22 bits per heavy atom. The van der Waals surface area contributed by atoms with Crippen molar-refractivity contribution in [1.82, 2.24) is 10.2 Å². The number of carbonyl (C=O) groups is 1. The van der Waals surface area contributed by atoms with Crippen LogP contribution in [0, 0.1) is 13.8 Å². The van der Waals surface area contributed by atoms with Gasteiger partial charge in [0.15, 0.2) is 4.34 Å². The summed E-state index contributed by atoms with van der Waals surface area (Å²) in [5.41, 5.74) is 4.79. The predicted octanol–water partition coefficient (Wildman–Crippen LogP) is 11.3. The van der Waals surface area contributed by atoms with Crippen molar-refractivity contribution in [2.75, 3.05) is 30.3 Å². The molecule has 1 aliphatic rings. The van der Waals surface area contributed by atoms with Crippen molar-refractivity contribution in [3.63, 3.8) is 0 Å². The molecular weight excluding hydrogens is 639 g/mol. The van der Waals surface area contributed by atoms with Crippen molar-refractivity contribution in [3.05, 3.63) is 59.7 Å². The standard InChI is InChI=1S/C32H37N9O2S3/c1-4-5-6-9-18-43-30(42)21-44-32-40-39-31(46-32)38-36-27-13-10-24(19-23(27)3)33-35-26-12-11-25(20-22(26)2)34-37-28-14-15-29(45-28)41-16-7-8-17-41/h10-15,19-20H,4-9,16-18,21H2,1-3H3. The van der Waals surface area contributed by atoms with Crippen LogP contribution in [-0.4, -0.2) is 41.6 Å². The van der Waals surface area contributed by atoms with Crippen LogP contribution in [0.25, 0.3) is 0 Å². The summed E-state index contributed by atoms with van der Waals surface area (Å²) in [5.74, 6) is -0.0545. The van der Waals surface area contributed by atoms with E-state index in [0.29, 0.717) is 27.5 Å². The van der Waals surface area contributed by atoms with Gasteiger partial charge >= 0.3 is 5.97 Å². The summed E-state index contributed by atoms with van der Waals surface area (Å²) in [6, 6.07) is 15.5. The van der Waals surface area contributed by atoms with Gasteiger partial charge in [-0.3, -0.25) is 4.79 Å². The quantitative estimate of drug-likeness (QED) is 0.0533. The van der Waals surface area contributed by atoms with Crippen LogP contribution in [0.3, 0.4) is 0 Å². The Kier molecular flexibility index (Phi) is 12.5. The molecule has 3 heterocycles. The maximum atomic E-state index is 11.9. The summed E-state index contributed by atoms with van der Waals surface area (Å²) in [7, 11) is 0. The maximum Gasteiger partial charge on any atom is 0.316 e. The van der Waals surface area contributed by atoms with Crippen LogP contribution in [-0.2, 0) is 9.53 Å². The summed E-state index contributed by atoms with van der Waals surface area (Å²) in [4.78, 5) is 14.3. The van der Waals surface area contributed by atoms with Crippen molar-refractivity contribution in [2.24, 2.45) is 30.7 Å². The van der Waals surface area contributed by atoms with Gasteiger partial charge in [-0.2, -0.15) is 10.2 Å². The van der Waals surface area contributed by atoms with Gasteiger partial charge in [-0.25, -0.2) is 0 Å². The number of azo groups is 3. The first-order chi connectivity index (χ1) is 22.5. The Morgan fingerprint density at radius 1 is 0.826 bits per heavy atom. The number of esters is 1. The Labute approximate surface area is 281 Å². The number of unbranched alkanes of at least 4 members (excludes halogenated alkanes) is 3. The number of rotatable bonds is 15. The molecular formula is C32H37N9O2S3. The van der Waals surface area contributed by atoms with Gasteiger partial charge in [0, 0.05) is 13.1 Å². The molecule has 0 saturated carbocycles. The number of hydrogen-bond donors (Lipinski definition) is 0. The minimum absolute atomic E-state index is 0.193. The highest BCUT2D eigenvalue weighted by Gasteiger charge is 2.14. The highest BCUT2D eigenvalue weighted by molar-refractivity contribution is 8.01. The van der Waals surface area contributed by atoms with Crippen LogP contribution in [0.2, 0.25) is 0 Å². The molecule has 0 radical (unpaired) electrons. The van der Waals surface area contributed by atoms with Gasteiger partial charge in [-0.15, -0.1) is 30.7 Å². The molecule has 1 saturated heterocycles. The predicted molar refractivity (Wildman–Crippen MR) is 186 cm³/mol. The average molecular weight is 676 g/mol. The third kappa shape index (κ3) is 10.1. The van der Waals surface area contributed by atoms with Crippen LogP contribution in [0.4, 0.5) is 37.9 Å². The van der Waals surface area contributed by atoms with Crippen molar-refractivity contribution >= 4 is 78.3 Å². The molecule has 0 atom stereocenters. The molecule has 2 aromatic heterocycles. The molecule has 0 unspecified atom stereocenters. The van der Waals surface area contributed by atoms with Gasteiger partial charge in [0.1, 0.15) is 5.00 Å². The van der Waals surface area contributed by atoms with E-state index in [1.807, 2.05) is 56.3 Å². The molecule has 2 aromatic carbocycles. The van der Waals surface area contributed by atoms with E-state index >= 15 is 0 Å². The largest absolute Gasteiger partial charge is 0.465 e. The lowest BCUT2D eigenvalue weighted by atomic mass is 10.2. The fourth-order valence-electron chi connectivity index (χ4n) is 4.60. The fourth-order valence-corrected chi connectivity index (χ4v) is 6.94.